The molecule has 0 amide bonds. The quantitative estimate of drug-likeness (QED) is 0.106. The average molecular weight is 666 g/mol. The first kappa shape index (κ1) is 34.5. The number of nitrogens with two attached hydrogens (primary N) is 1. The zero-order valence-electron chi connectivity index (χ0n) is 29.2. The van der Waals surface area contributed by atoms with Crippen molar-refractivity contribution in [2.45, 2.75) is 26.8 Å². The van der Waals surface area contributed by atoms with Crippen LogP contribution < -0.4 is 21.7 Å². The number of benzene rings is 6. The van der Waals surface area contributed by atoms with Gasteiger partial charge >= 0.3 is 0 Å². The lowest BCUT2D eigenvalue weighted by atomic mass is 9.96. The van der Waals surface area contributed by atoms with E-state index in [4.69, 9.17) is 15.6 Å². The molecule has 0 saturated carbocycles. The maximum atomic E-state index is 7.77. The predicted molar refractivity (Wildman–Crippen MR) is 217 cm³/mol. The highest BCUT2D eigenvalue weighted by Crippen LogP contribution is 2.30. The van der Waals surface area contributed by atoms with E-state index in [0.29, 0.717) is 6.42 Å². The van der Waals surface area contributed by atoms with Gasteiger partial charge in [-0.1, -0.05) is 140 Å². The molecule has 0 spiro atoms. The van der Waals surface area contributed by atoms with Crippen LogP contribution >= 0.6 is 0 Å². The van der Waals surface area contributed by atoms with Gasteiger partial charge in [-0.25, -0.2) is 0 Å². The standard InChI is InChI=1S/C34H30N2O.C13H13N/c1-4-23(21-33(35)36)34-30-20-29(17-18-32(30)37-31(34)5-2)26-15-13-25(14-16-26)28-8-6-7-27(19-28)24-11-9-22(3)10-12-24;1-3-7-12(8-4-1)11-14-13-9-5-2-6-10-13/h4-20H,1,21H2,2-3H3,(H3,35,36);1-10,14H,11H2/b31-5+,34-23+;. The minimum Gasteiger partial charge on any atom is -0.456 e. The van der Waals surface area contributed by atoms with Crippen molar-refractivity contribution in [1.82, 2.24) is 0 Å². The van der Waals surface area contributed by atoms with Crippen molar-refractivity contribution >= 4 is 34.1 Å². The van der Waals surface area contributed by atoms with Gasteiger partial charge in [0, 0.05) is 29.3 Å². The molecular formula is C47H43N3O. The molecule has 4 N–H and O–H groups in total. The molecule has 4 nitrogen and oxygen atoms in total. The fourth-order valence-corrected chi connectivity index (χ4v) is 6.13. The number of hydrogen-bond donors (Lipinski definition) is 3. The van der Waals surface area contributed by atoms with Crippen LogP contribution in [0.1, 0.15) is 24.5 Å². The molecular weight excluding hydrogens is 623 g/mol. The summed E-state index contributed by atoms with van der Waals surface area (Å²) in [6.07, 6.45) is 4.04. The normalized spacial score (nSPS) is 11.8. The summed E-state index contributed by atoms with van der Waals surface area (Å²) in [6.45, 7) is 8.89. The van der Waals surface area contributed by atoms with Crippen LogP contribution in [0.3, 0.4) is 0 Å². The number of amidine groups is 1. The highest BCUT2D eigenvalue weighted by molar-refractivity contribution is 5.92. The lowest BCUT2D eigenvalue weighted by Crippen LogP contribution is -2.24. The lowest BCUT2D eigenvalue weighted by Gasteiger charge is -2.08. The molecule has 1 heterocycles. The number of fused-ring (bicyclic) bond motifs is 1. The summed E-state index contributed by atoms with van der Waals surface area (Å²) in [6, 6.07) is 52.9. The van der Waals surface area contributed by atoms with Crippen LogP contribution in [-0.2, 0) is 6.54 Å². The first-order valence-corrected chi connectivity index (χ1v) is 17.2. The molecule has 0 bridgehead atoms. The maximum Gasteiger partial charge on any atom is 0.135 e. The van der Waals surface area contributed by atoms with Crippen LogP contribution in [0.25, 0.3) is 56.0 Å². The molecule has 0 atom stereocenters. The van der Waals surface area contributed by atoms with Gasteiger partial charge in [0.05, 0.1) is 5.84 Å². The van der Waals surface area contributed by atoms with E-state index < -0.39 is 0 Å². The van der Waals surface area contributed by atoms with Gasteiger partial charge in [-0.15, -0.1) is 0 Å². The summed E-state index contributed by atoms with van der Waals surface area (Å²) in [7, 11) is 0. The minimum atomic E-state index is 0.101. The Balaban J connectivity index is 0.000000267. The van der Waals surface area contributed by atoms with E-state index >= 15 is 0 Å². The molecule has 4 heteroatoms. The van der Waals surface area contributed by atoms with Gasteiger partial charge in [0.25, 0.3) is 0 Å². The molecule has 7 rings (SSSR count). The number of aryl methyl sites for hydroxylation is 1. The van der Waals surface area contributed by atoms with Crippen LogP contribution in [0.2, 0.25) is 0 Å². The van der Waals surface area contributed by atoms with E-state index in [1.807, 2.05) is 43.3 Å². The third-order valence-corrected chi connectivity index (χ3v) is 8.84. The Morgan fingerprint density at radius 1 is 0.686 bits per heavy atom. The van der Waals surface area contributed by atoms with Gasteiger partial charge in [-0.2, -0.15) is 0 Å². The monoisotopic (exact) mass is 665 g/mol. The van der Waals surface area contributed by atoms with Crippen LogP contribution in [-0.4, -0.2) is 5.84 Å². The molecule has 51 heavy (non-hydrogen) atoms. The fraction of sp³-hybridized carbons (Fsp3) is 0.0851. The Bertz CT molecular complexity index is 2330. The summed E-state index contributed by atoms with van der Waals surface area (Å²) in [5.74, 6) is 0.101. The first-order valence-electron chi connectivity index (χ1n) is 17.2. The molecule has 6 aromatic carbocycles. The molecule has 0 unspecified atom stereocenters. The maximum absolute atomic E-state index is 7.77. The Labute approximate surface area is 300 Å². The SMILES string of the molecule is C=C/C(CC(=N)N)=c1\c(=C/C)oc2ccc(-c3ccc(-c4cccc(-c5ccc(C)cc5)c4)cc3)cc12.c1ccc(CNc2ccccc2)cc1. The largest absolute Gasteiger partial charge is 0.456 e. The number of allylic oxidation sites excluding steroid dienone is 1. The van der Waals surface area contributed by atoms with Gasteiger partial charge in [0.1, 0.15) is 11.0 Å². The van der Waals surface area contributed by atoms with E-state index in [1.165, 1.54) is 33.4 Å². The number of furan rings is 1. The lowest BCUT2D eigenvalue weighted by molar-refractivity contribution is 0.574. The fourth-order valence-electron chi connectivity index (χ4n) is 6.13. The van der Waals surface area contributed by atoms with Gasteiger partial charge in [0.15, 0.2) is 0 Å². The van der Waals surface area contributed by atoms with Crippen LogP contribution in [0, 0.1) is 12.3 Å². The smallest absolute Gasteiger partial charge is 0.135 e. The summed E-state index contributed by atoms with van der Waals surface area (Å²) in [5.41, 5.74) is 18.9. The summed E-state index contributed by atoms with van der Waals surface area (Å²) < 4.78 is 6.10. The Kier molecular flexibility index (Phi) is 11.0. The van der Waals surface area contributed by atoms with Crippen LogP contribution in [0.4, 0.5) is 5.69 Å². The van der Waals surface area contributed by atoms with Crippen molar-refractivity contribution in [3.8, 4) is 33.4 Å². The minimum absolute atomic E-state index is 0.101. The van der Waals surface area contributed by atoms with Crippen LogP contribution in [0.15, 0.2) is 169 Å². The zero-order valence-corrected chi connectivity index (χ0v) is 29.2. The van der Waals surface area contributed by atoms with E-state index in [0.717, 1.165) is 50.5 Å². The number of para-hydroxylation sites is 1. The van der Waals surface area contributed by atoms with E-state index in [-0.39, 0.29) is 5.84 Å². The van der Waals surface area contributed by atoms with Crippen molar-refractivity contribution < 1.29 is 4.42 Å². The molecule has 0 aliphatic carbocycles. The zero-order chi connectivity index (χ0) is 35.6. The number of anilines is 1. The highest BCUT2D eigenvalue weighted by atomic mass is 16.3. The summed E-state index contributed by atoms with van der Waals surface area (Å²) >= 11 is 0. The molecule has 1 aromatic heterocycles. The van der Waals surface area contributed by atoms with Gasteiger partial charge in [-0.3, -0.25) is 5.41 Å². The van der Waals surface area contributed by atoms with Gasteiger partial charge in [0.2, 0.25) is 0 Å². The molecule has 252 valence electrons. The van der Waals surface area contributed by atoms with E-state index in [2.05, 4.69) is 140 Å². The topological polar surface area (TPSA) is 75.0 Å². The number of hydrogen-bond acceptors (Lipinski definition) is 3. The van der Waals surface area contributed by atoms with Crippen molar-refractivity contribution in [2.75, 3.05) is 5.32 Å². The molecule has 0 aliphatic rings. The molecule has 0 aliphatic heterocycles. The second-order valence-electron chi connectivity index (χ2n) is 12.5. The van der Waals surface area contributed by atoms with Gasteiger partial charge < -0.3 is 15.5 Å². The summed E-state index contributed by atoms with van der Waals surface area (Å²) in [4.78, 5) is 0. The highest BCUT2D eigenvalue weighted by Gasteiger charge is 2.10. The van der Waals surface area contributed by atoms with E-state index in [1.54, 1.807) is 6.08 Å². The average Bonchev–Trinajstić information content (AvgIpc) is 3.55. The van der Waals surface area contributed by atoms with Crippen molar-refractivity contribution in [1.29, 1.82) is 5.41 Å². The Morgan fingerprint density at radius 3 is 1.80 bits per heavy atom. The number of rotatable bonds is 9. The second-order valence-corrected chi connectivity index (χ2v) is 12.5. The molecule has 0 saturated heterocycles. The third-order valence-electron chi connectivity index (χ3n) is 8.84. The third kappa shape index (κ3) is 8.62. The van der Waals surface area contributed by atoms with Crippen molar-refractivity contribution in [2.24, 2.45) is 5.73 Å². The first-order chi connectivity index (χ1) is 24.9. The predicted octanol–water partition coefficient (Wildman–Crippen LogP) is 10.5. The molecule has 0 radical (unpaired) electrons. The summed E-state index contributed by atoms with van der Waals surface area (Å²) in [5, 5.41) is 13.1. The van der Waals surface area contributed by atoms with E-state index in [9.17, 15) is 0 Å². The molecule has 0 fully saturated rings. The second kappa shape index (κ2) is 16.3. The van der Waals surface area contributed by atoms with Crippen molar-refractivity contribution in [3.63, 3.8) is 0 Å². The molecule has 7 aromatic rings. The Morgan fingerprint density at radius 2 is 1.24 bits per heavy atom. The van der Waals surface area contributed by atoms with Gasteiger partial charge in [-0.05, 0) is 94.8 Å². The van der Waals surface area contributed by atoms with Crippen LogP contribution in [0.5, 0.6) is 0 Å². The number of nitrogens with one attached hydrogen (secondary N) is 2. The van der Waals surface area contributed by atoms with Crippen molar-refractivity contribution in [3.05, 3.63) is 186 Å². The Hall–Kier alpha value is -6.39.